The van der Waals surface area contributed by atoms with Crippen LogP contribution < -0.4 is 5.73 Å². The van der Waals surface area contributed by atoms with E-state index in [-0.39, 0.29) is 6.04 Å². The first-order chi connectivity index (χ1) is 8.25. The lowest BCUT2D eigenvalue weighted by Crippen LogP contribution is -2.24. The number of benzene rings is 1. The Hall–Kier alpha value is -1.81. The van der Waals surface area contributed by atoms with Crippen LogP contribution in [0.3, 0.4) is 0 Å². The van der Waals surface area contributed by atoms with Gasteiger partial charge in [-0.3, -0.25) is 0 Å². The molecule has 17 heavy (non-hydrogen) atoms. The number of rotatable bonds is 1. The van der Waals surface area contributed by atoms with E-state index in [4.69, 9.17) is 10.5 Å². The van der Waals surface area contributed by atoms with Crippen LogP contribution in [0.4, 0.5) is 5.82 Å². The first-order valence-corrected chi connectivity index (χ1v) is 5.73. The summed E-state index contributed by atoms with van der Waals surface area (Å²) in [5, 5.41) is 4.44. The van der Waals surface area contributed by atoms with Crippen LogP contribution in [0.15, 0.2) is 30.3 Å². The van der Waals surface area contributed by atoms with E-state index in [1.54, 1.807) is 0 Å². The summed E-state index contributed by atoms with van der Waals surface area (Å²) in [7, 11) is 0. The summed E-state index contributed by atoms with van der Waals surface area (Å²) in [4.78, 5) is 0. The van der Waals surface area contributed by atoms with E-state index in [9.17, 15) is 0 Å². The number of nitrogens with two attached hydrogens (primary N) is 1. The molecule has 0 radical (unpaired) electrons. The molecule has 1 aromatic heterocycles. The second-order valence-electron chi connectivity index (χ2n) is 4.38. The zero-order valence-corrected chi connectivity index (χ0v) is 9.76. The maximum absolute atomic E-state index is 5.97. The fourth-order valence-electron chi connectivity index (χ4n) is 2.35. The molecule has 4 heteroatoms. The quantitative estimate of drug-likeness (QED) is 0.812. The summed E-state index contributed by atoms with van der Waals surface area (Å²) in [6, 6.07) is 10.3. The van der Waals surface area contributed by atoms with Crippen LogP contribution in [0.1, 0.15) is 22.9 Å². The fourth-order valence-corrected chi connectivity index (χ4v) is 2.35. The smallest absolute Gasteiger partial charge is 0.122 e. The van der Waals surface area contributed by atoms with Crippen LogP contribution in [0, 0.1) is 6.92 Å². The fraction of sp³-hybridized carbons (Fsp3) is 0.308. The second-order valence-corrected chi connectivity index (χ2v) is 4.38. The van der Waals surface area contributed by atoms with E-state index in [0.717, 1.165) is 5.69 Å². The van der Waals surface area contributed by atoms with Gasteiger partial charge in [-0.2, -0.15) is 5.10 Å². The van der Waals surface area contributed by atoms with E-state index in [1.165, 1.54) is 11.1 Å². The SMILES string of the molecule is Cc1cc(N)n(C2COCc3ccccc32)n1. The average Bonchev–Trinajstić information content (AvgIpc) is 2.68. The van der Waals surface area contributed by atoms with Crippen LogP contribution >= 0.6 is 0 Å². The van der Waals surface area contributed by atoms with Crippen LogP contribution in [0.5, 0.6) is 0 Å². The summed E-state index contributed by atoms with van der Waals surface area (Å²) in [6.45, 7) is 3.25. The van der Waals surface area contributed by atoms with Gasteiger partial charge in [-0.1, -0.05) is 24.3 Å². The van der Waals surface area contributed by atoms with Crippen molar-refractivity contribution < 1.29 is 4.74 Å². The molecule has 0 spiro atoms. The molecule has 0 saturated carbocycles. The minimum absolute atomic E-state index is 0.0913. The van der Waals surface area contributed by atoms with Crippen molar-refractivity contribution in [3.63, 3.8) is 0 Å². The van der Waals surface area contributed by atoms with Gasteiger partial charge in [0.25, 0.3) is 0 Å². The average molecular weight is 229 g/mol. The third-order valence-corrected chi connectivity index (χ3v) is 3.13. The summed E-state index contributed by atoms with van der Waals surface area (Å²) >= 11 is 0. The van der Waals surface area contributed by atoms with E-state index < -0.39 is 0 Å². The molecule has 0 amide bonds. The number of anilines is 1. The van der Waals surface area contributed by atoms with Crippen LogP contribution in [-0.2, 0) is 11.3 Å². The number of hydrogen-bond donors (Lipinski definition) is 1. The first-order valence-electron chi connectivity index (χ1n) is 5.73. The highest BCUT2D eigenvalue weighted by Gasteiger charge is 2.23. The lowest BCUT2D eigenvalue weighted by molar-refractivity contribution is 0.0809. The van der Waals surface area contributed by atoms with Gasteiger partial charge in [0, 0.05) is 6.07 Å². The van der Waals surface area contributed by atoms with Gasteiger partial charge in [0.15, 0.2) is 0 Å². The monoisotopic (exact) mass is 229 g/mol. The van der Waals surface area contributed by atoms with Crippen molar-refractivity contribution in [2.75, 3.05) is 12.3 Å². The molecule has 0 fully saturated rings. The normalized spacial score (nSPS) is 19.0. The molecule has 88 valence electrons. The summed E-state index contributed by atoms with van der Waals surface area (Å²) in [5.41, 5.74) is 9.39. The third kappa shape index (κ3) is 1.70. The minimum atomic E-state index is 0.0913. The van der Waals surface area contributed by atoms with Crippen molar-refractivity contribution in [3.05, 3.63) is 47.2 Å². The van der Waals surface area contributed by atoms with Crippen LogP contribution in [-0.4, -0.2) is 16.4 Å². The zero-order valence-electron chi connectivity index (χ0n) is 9.76. The molecular weight excluding hydrogens is 214 g/mol. The lowest BCUT2D eigenvalue weighted by atomic mass is 9.99. The number of nitrogen functional groups attached to an aromatic ring is 1. The maximum atomic E-state index is 5.97. The number of fused-ring (bicyclic) bond motifs is 1. The van der Waals surface area contributed by atoms with Crippen LogP contribution in [0.25, 0.3) is 0 Å². The number of ether oxygens (including phenoxy) is 1. The molecule has 2 N–H and O–H groups in total. The molecule has 0 aliphatic carbocycles. The molecule has 1 unspecified atom stereocenters. The van der Waals surface area contributed by atoms with Gasteiger partial charge < -0.3 is 10.5 Å². The molecule has 1 aliphatic heterocycles. The van der Waals surface area contributed by atoms with Crippen molar-refractivity contribution in [1.29, 1.82) is 0 Å². The molecule has 2 heterocycles. The number of nitrogens with zero attached hydrogens (tertiary/aromatic N) is 2. The van der Waals surface area contributed by atoms with Gasteiger partial charge in [-0.05, 0) is 18.1 Å². The largest absolute Gasteiger partial charge is 0.384 e. The minimum Gasteiger partial charge on any atom is -0.384 e. The Labute approximate surface area is 100 Å². The van der Waals surface area contributed by atoms with Gasteiger partial charge in [0.05, 0.1) is 18.9 Å². The van der Waals surface area contributed by atoms with Crippen molar-refractivity contribution in [2.24, 2.45) is 0 Å². The molecule has 1 aromatic carbocycles. The first kappa shape index (κ1) is 10.4. The summed E-state index contributed by atoms with van der Waals surface area (Å²) < 4.78 is 7.47. The summed E-state index contributed by atoms with van der Waals surface area (Å²) in [6.07, 6.45) is 0. The number of aryl methyl sites for hydroxylation is 1. The highest BCUT2D eigenvalue weighted by molar-refractivity contribution is 5.37. The Morgan fingerprint density at radius 2 is 2.24 bits per heavy atom. The van der Waals surface area contributed by atoms with E-state index in [2.05, 4.69) is 17.2 Å². The third-order valence-electron chi connectivity index (χ3n) is 3.13. The Balaban J connectivity index is 2.09. The van der Waals surface area contributed by atoms with Gasteiger partial charge in [-0.15, -0.1) is 0 Å². The van der Waals surface area contributed by atoms with Crippen molar-refractivity contribution in [2.45, 2.75) is 19.6 Å². The lowest BCUT2D eigenvalue weighted by Gasteiger charge is -2.26. The highest BCUT2D eigenvalue weighted by atomic mass is 16.5. The molecule has 3 rings (SSSR count). The van der Waals surface area contributed by atoms with Gasteiger partial charge in [0.1, 0.15) is 11.9 Å². The Morgan fingerprint density at radius 3 is 3.00 bits per heavy atom. The Bertz CT molecular complexity index is 547. The van der Waals surface area contributed by atoms with Crippen LogP contribution in [0.2, 0.25) is 0 Å². The molecule has 4 nitrogen and oxygen atoms in total. The van der Waals surface area contributed by atoms with Crippen molar-refractivity contribution >= 4 is 5.82 Å². The Kier molecular flexibility index (Phi) is 2.37. The molecule has 1 atom stereocenters. The molecule has 0 bridgehead atoms. The predicted molar refractivity (Wildman–Crippen MR) is 65.6 cm³/mol. The molecular formula is C13H15N3O. The summed E-state index contributed by atoms with van der Waals surface area (Å²) in [5.74, 6) is 0.688. The second kappa shape index (κ2) is 3.89. The molecule has 2 aromatic rings. The Morgan fingerprint density at radius 1 is 1.41 bits per heavy atom. The van der Waals surface area contributed by atoms with Crippen molar-refractivity contribution in [1.82, 2.24) is 9.78 Å². The number of hydrogen-bond acceptors (Lipinski definition) is 3. The predicted octanol–water partition coefficient (Wildman–Crippen LogP) is 1.89. The van der Waals surface area contributed by atoms with E-state index in [1.807, 2.05) is 29.8 Å². The van der Waals surface area contributed by atoms with Gasteiger partial charge >= 0.3 is 0 Å². The maximum Gasteiger partial charge on any atom is 0.122 e. The van der Waals surface area contributed by atoms with Crippen molar-refractivity contribution in [3.8, 4) is 0 Å². The van der Waals surface area contributed by atoms with Gasteiger partial charge in [-0.25, -0.2) is 4.68 Å². The zero-order chi connectivity index (χ0) is 11.8. The van der Waals surface area contributed by atoms with Gasteiger partial charge in [0.2, 0.25) is 0 Å². The standard InChI is InChI=1S/C13H15N3O/c1-9-6-13(14)16(15-9)12-8-17-7-10-4-2-3-5-11(10)12/h2-6,12H,7-8,14H2,1H3. The molecule has 0 saturated heterocycles. The highest BCUT2D eigenvalue weighted by Crippen LogP contribution is 2.29. The van der Waals surface area contributed by atoms with E-state index in [0.29, 0.717) is 19.0 Å². The molecule has 1 aliphatic rings. The topological polar surface area (TPSA) is 53.1 Å². The number of aromatic nitrogens is 2. The van der Waals surface area contributed by atoms with E-state index >= 15 is 0 Å².